The number of aromatic nitrogens is 1. The number of rotatable bonds is 5. The zero-order valence-corrected chi connectivity index (χ0v) is 11.8. The number of thiazole rings is 1. The van der Waals surface area contributed by atoms with Crippen LogP contribution >= 0.6 is 11.3 Å². The Labute approximate surface area is 116 Å². The standard InChI is InChI=1S/C11H20N6OS/c1-13-11-16-9(12)8(19-11)10(18)15-4-7-17-5-2-14-3-6-17/h14H,2-7,12H2,1H3,(H,13,16)(H,15,18). The molecule has 0 radical (unpaired) electrons. The fraction of sp³-hybridized carbons (Fsp3) is 0.636. The summed E-state index contributed by atoms with van der Waals surface area (Å²) in [7, 11) is 1.75. The molecule has 0 unspecified atom stereocenters. The van der Waals surface area contributed by atoms with Gasteiger partial charge in [-0.1, -0.05) is 11.3 Å². The Morgan fingerprint density at radius 3 is 2.89 bits per heavy atom. The highest BCUT2D eigenvalue weighted by atomic mass is 32.1. The molecular formula is C11H20N6OS. The van der Waals surface area contributed by atoms with E-state index in [4.69, 9.17) is 5.73 Å². The number of carbonyl (C=O) groups is 1. The summed E-state index contributed by atoms with van der Waals surface area (Å²) >= 11 is 1.27. The van der Waals surface area contributed by atoms with Gasteiger partial charge >= 0.3 is 0 Å². The molecule has 19 heavy (non-hydrogen) atoms. The molecule has 106 valence electrons. The lowest BCUT2D eigenvalue weighted by Gasteiger charge is -2.26. The Morgan fingerprint density at radius 2 is 2.26 bits per heavy atom. The summed E-state index contributed by atoms with van der Waals surface area (Å²) in [5.41, 5.74) is 5.71. The van der Waals surface area contributed by atoms with Crippen LogP contribution in [0.2, 0.25) is 0 Å². The van der Waals surface area contributed by atoms with Crippen molar-refractivity contribution >= 4 is 28.2 Å². The van der Waals surface area contributed by atoms with E-state index in [2.05, 4.69) is 25.8 Å². The van der Waals surface area contributed by atoms with Crippen molar-refractivity contribution < 1.29 is 4.79 Å². The van der Waals surface area contributed by atoms with Gasteiger partial charge < -0.3 is 21.7 Å². The fourth-order valence-electron chi connectivity index (χ4n) is 1.94. The first-order valence-electron chi connectivity index (χ1n) is 6.36. The van der Waals surface area contributed by atoms with Crippen molar-refractivity contribution in [1.82, 2.24) is 20.5 Å². The van der Waals surface area contributed by atoms with Crippen molar-refractivity contribution in [1.29, 1.82) is 0 Å². The molecule has 5 N–H and O–H groups in total. The highest BCUT2D eigenvalue weighted by Gasteiger charge is 2.16. The molecule has 1 saturated heterocycles. The van der Waals surface area contributed by atoms with Gasteiger partial charge in [-0.15, -0.1) is 0 Å². The van der Waals surface area contributed by atoms with Crippen molar-refractivity contribution in [2.24, 2.45) is 0 Å². The number of hydrogen-bond donors (Lipinski definition) is 4. The van der Waals surface area contributed by atoms with E-state index >= 15 is 0 Å². The van der Waals surface area contributed by atoms with Gasteiger partial charge in [-0.05, 0) is 0 Å². The number of anilines is 2. The summed E-state index contributed by atoms with van der Waals surface area (Å²) in [5.74, 6) is 0.139. The number of amides is 1. The first-order valence-corrected chi connectivity index (χ1v) is 7.17. The molecule has 1 aliphatic rings. The van der Waals surface area contributed by atoms with Crippen LogP contribution in [0, 0.1) is 0 Å². The summed E-state index contributed by atoms with van der Waals surface area (Å²) < 4.78 is 0. The second kappa shape index (κ2) is 6.69. The maximum atomic E-state index is 12.0. The second-order valence-electron chi connectivity index (χ2n) is 4.33. The Balaban J connectivity index is 1.78. The highest BCUT2D eigenvalue weighted by molar-refractivity contribution is 7.18. The topological polar surface area (TPSA) is 95.3 Å². The zero-order chi connectivity index (χ0) is 13.7. The van der Waals surface area contributed by atoms with Gasteiger partial charge in [0.25, 0.3) is 5.91 Å². The Hall–Kier alpha value is -1.38. The molecular weight excluding hydrogens is 264 g/mol. The van der Waals surface area contributed by atoms with Crippen LogP contribution in [-0.2, 0) is 0 Å². The van der Waals surface area contributed by atoms with E-state index in [1.165, 1.54) is 11.3 Å². The number of piperazine rings is 1. The molecule has 1 fully saturated rings. The predicted molar refractivity (Wildman–Crippen MR) is 77.7 cm³/mol. The number of nitrogens with zero attached hydrogens (tertiary/aromatic N) is 2. The number of nitrogens with two attached hydrogens (primary N) is 1. The van der Waals surface area contributed by atoms with Crippen LogP contribution in [0.3, 0.4) is 0 Å². The van der Waals surface area contributed by atoms with Gasteiger partial charge in [0.2, 0.25) is 0 Å². The van der Waals surface area contributed by atoms with Crippen molar-refractivity contribution in [2.45, 2.75) is 0 Å². The number of nitrogen functional groups attached to an aromatic ring is 1. The molecule has 0 atom stereocenters. The largest absolute Gasteiger partial charge is 0.382 e. The van der Waals surface area contributed by atoms with Crippen molar-refractivity contribution in [2.75, 3.05) is 57.4 Å². The van der Waals surface area contributed by atoms with Crippen molar-refractivity contribution in [3.05, 3.63) is 4.88 Å². The van der Waals surface area contributed by atoms with Crippen molar-refractivity contribution in [3.63, 3.8) is 0 Å². The van der Waals surface area contributed by atoms with Gasteiger partial charge in [0.05, 0.1) is 0 Å². The van der Waals surface area contributed by atoms with E-state index in [1.807, 2.05) is 0 Å². The number of nitrogens with one attached hydrogen (secondary N) is 3. The average Bonchev–Trinajstić information content (AvgIpc) is 2.81. The van der Waals surface area contributed by atoms with Gasteiger partial charge in [-0.3, -0.25) is 9.69 Å². The van der Waals surface area contributed by atoms with E-state index < -0.39 is 0 Å². The second-order valence-corrected chi connectivity index (χ2v) is 5.33. The molecule has 0 aromatic carbocycles. The van der Waals surface area contributed by atoms with E-state index in [0.29, 0.717) is 16.6 Å². The fourth-order valence-corrected chi connectivity index (χ4v) is 2.70. The summed E-state index contributed by atoms with van der Waals surface area (Å²) in [6.07, 6.45) is 0. The summed E-state index contributed by atoms with van der Waals surface area (Å²) in [4.78, 5) is 18.8. The Kier molecular flexibility index (Phi) is 4.94. The molecule has 0 aliphatic carbocycles. The van der Waals surface area contributed by atoms with Crippen LogP contribution in [0.25, 0.3) is 0 Å². The third-order valence-corrected chi connectivity index (χ3v) is 4.08. The van der Waals surface area contributed by atoms with Gasteiger partial charge in [-0.25, -0.2) is 4.98 Å². The van der Waals surface area contributed by atoms with Gasteiger partial charge in [-0.2, -0.15) is 0 Å². The minimum Gasteiger partial charge on any atom is -0.382 e. The van der Waals surface area contributed by atoms with E-state index in [0.717, 1.165) is 32.7 Å². The molecule has 8 heteroatoms. The van der Waals surface area contributed by atoms with E-state index in [1.54, 1.807) is 7.05 Å². The van der Waals surface area contributed by atoms with Crippen LogP contribution in [0.5, 0.6) is 0 Å². The Bertz CT molecular complexity index is 429. The maximum Gasteiger partial charge on any atom is 0.265 e. The number of hydrogen-bond acceptors (Lipinski definition) is 7. The van der Waals surface area contributed by atoms with Crippen molar-refractivity contribution in [3.8, 4) is 0 Å². The zero-order valence-electron chi connectivity index (χ0n) is 11.0. The molecule has 7 nitrogen and oxygen atoms in total. The molecule has 0 bridgehead atoms. The van der Waals surface area contributed by atoms with Crippen LogP contribution in [-0.4, -0.2) is 62.1 Å². The lowest BCUT2D eigenvalue weighted by Crippen LogP contribution is -2.46. The minimum atomic E-state index is -0.147. The molecule has 1 aliphatic heterocycles. The predicted octanol–water partition coefficient (Wildman–Crippen LogP) is -0.598. The van der Waals surface area contributed by atoms with E-state index in [9.17, 15) is 4.79 Å². The van der Waals surface area contributed by atoms with Gasteiger partial charge in [0.1, 0.15) is 10.7 Å². The molecule has 0 spiro atoms. The molecule has 1 aromatic heterocycles. The molecule has 1 amide bonds. The average molecular weight is 284 g/mol. The summed E-state index contributed by atoms with van der Waals surface area (Å²) in [6.45, 7) is 5.59. The lowest BCUT2D eigenvalue weighted by atomic mass is 10.3. The van der Waals surface area contributed by atoms with Gasteiger partial charge in [0.15, 0.2) is 5.13 Å². The molecule has 0 saturated carbocycles. The molecule has 2 heterocycles. The maximum absolute atomic E-state index is 12.0. The van der Waals surface area contributed by atoms with Gasteiger partial charge in [0, 0.05) is 46.3 Å². The lowest BCUT2D eigenvalue weighted by molar-refractivity contribution is 0.0952. The normalized spacial score (nSPS) is 16.3. The van der Waals surface area contributed by atoms with Crippen LogP contribution in [0.1, 0.15) is 9.67 Å². The number of carbonyl (C=O) groups excluding carboxylic acids is 1. The highest BCUT2D eigenvalue weighted by Crippen LogP contribution is 2.23. The summed E-state index contributed by atoms with van der Waals surface area (Å²) in [6, 6.07) is 0. The SMILES string of the molecule is CNc1nc(N)c(C(=O)NCCN2CCNCC2)s1. The minimum absolute atomic E-state index is 0.147. The quantitative estimate of drug-likeness (QED) is 0.577. The molecule has 2 rings (SSSR count). The first kappa shape index (κ1) is 14.0. The van der Waals surface area contributed by atoms with Crippen LogP contribution in [0.4, 0.5) is 10.9 Å². The monoisotopic (exact) mass is 284 g/mol. The van der Waals surface area contributed by atoms with E-state index in [-0.39, 0.29) is 11.7 Å². The summed E-state index contributed by atoms with van der Waals surface area (Å²) in [5, 5.41) is 9.72. The molecule has 1 aromatic rings. The third-order valence-electron chi connectivity index (χ3n) is 3.00. The third kappa shape index (κ3) is 3.79. The smallest absolute Gasteiger partial charge is 0.265 e. The first-order chi connectivity index (χ1) is 9.20. The van der Waals surface area contributed by atoms with Crippen LogP contribution < -0.4 is 21.7 Å². The Morgan fingerprint density at radius 1 is 1.53 bits per heavy atom. The van der Waals surface area contributed by atoms with Crippen LogP contribution in [0.15, 0.2) is 0 Å².